The predicted molar refractivity (Wildman–Crippen MR) is 128 cm³/mol. The Morgan fingerprint density at radius 3 is 2.76 bits per heavy atom. The van der Waals surface area contributed by atoms with E-state index in [0.29, 0.717) is 23.6 Å². The van der Waals surface area contributed by atoms with Crippen LogP contribution in [0.25, 0.3) is 0 Å². The summed E-state index contributed by atoms with van der Waals surface area (Å²) in [7, 11) is 0. The van der Waals surface area contributed by atoms with Crippen LogP contribution in [0.5, 0.6) is 0 Å². The number of nitrogens with one attached hydrogen (secondary N) is 1. The van der Waals surface area contributed by atoms with Crippen LogP contribution in [-0.2, 0) is 20.9 Å². The van der Waals surface area contributed by atoms with Gasteiger partial charge < -0.3 is 19.4 Å². The molecule has 0 saturated heterocycles. The molecule has 0 aliphatic carbocycles. The molecule has 4 rings (SSSR count). The first kappa shape index (κ1) is 22.9. The molecule has 0 saturated carbocycles. The highest BCUT2D eigenvalue weighted by Crippen LogP contribution is 2.45. The minimum Gasteiger partial charge on any atom is -0.467 e. The third-order valence-corrected chi connectivity index (χ3v) is 6.49. The average molecular weight is 466 g/mol. The number of allylic oxidation sites excluding steroid dienone is 1. The third-order valence-electron chi connectivity index (χ3n) is 5.60. The molecule has 1 amide bonds. The number of amidine groups is 1. The van der Waals surface area contributed by atoms with Crippen molar-refractivity contribution >= 4 is 28.8 Å². The Kier molecular flexibility index (Phi) is 6.74. The molecule has 2 aromatic rings. The molecule has 7 nitrogen and oxygen atoms in total. The topological polar surface area (TPSA) is 84.1 Å². The Morgan fingerprint density at radius 2 is 2.06 bits per heavy atom. The third kappa shape index (κ3) is 4.75. The summed E-state index contributed by atoms with van der Waals surface area (Å²) < 4.78 is 10.7. The van der Waals surface area contributed by atoms with Crippen LogP contribution in [-0.4, -0.2) is 28.6 Å². The lowest BCUT2D eigenvalue weighted by molar-refractivity contribution is -0.139. The number of aryl methyl sites for hydroxylation is 2. The van der Waals surface area contributed by atoms with Crippen LogP contribution in [0.1, 0.15) is 48.8 Å². The van der Waals surface area contributed by atoms with Gasteiger partial charge >= 0.3 is 5.97 Å². The van der Waals surface area contributed by atoms with Crippen molar-refractivity contribution in [2.45, 2.75) is 46.7 Å². The minimum atomic E-state index is -0.420. The zero-order valence-corrected chi connectivity index (χ0v) is 20.0. The van der Waals surface area contributed by atoms with Gasteiger partial charge in [-0.05, 0) is 56.4 Å². The zero-order chi connectivity index (χ0) is 23.5. The van der Waals surface area contributed by atoms with Crippen LogP contribution in [0.2, 0.25) is 0 Å². The van der Waals surface area contributed by atoms with E-state index in [1.54, 1.807) is 19.3 Å². The molecular formula is C25H27N3O4S. The maximum Gasteiger partial charge on any atom is 0.338 e. The number of furan rings is 1. The van der Waals surface area contributed by atoms with E-state index in [4.69, 9.17) is 9.15 Å². The number of fused-ring (bicyclic) bond motifs is 1. The van der Waals surface area contributed by atoms with Gasteiger partial charge in [-0.1, -0.05) is 35.5 Å². The maximum atomic E-state index is 13.0. The largest absolute Gasteiger partial charge is 0.467 e. The van der Waals surface area contributed by atoms with Crippen molar-refractivity contribution in [2.24, 2.45) is 4.99 Å². The first-order chi connectivity index (χ1) is 15.9. The van der Waals surface area contributed by atoms with Crippen molar-refractivity contribution in [2.75, 3.05) is 6.61 Å². The normalized spacial score (nSPS) is 17.5. The number of rotatable bonds is 7. The van der Waals surface area contributed by atoms with E-state index in [2.05, 4.69) is 16.4 Å². The number of hydrogen-bond acceptors (Lipinski definition) is 7. The molecule has 0 radical (unpaired) electrons. The van der Waals surface area contributed by atoms with E-state index in [-0.39, 0.29) is 24.9 Å². The smallest absolute Gasteiger partial charge is 0.338 e. The summed E-state index contributed by atoms with van der Waals surface area (Å²) in [5, 5.41) is 5.57. The van der Waals surface area contributed by atoms with Gasteiger partial charge in [0.05, 0.1) is 43.1 Å². The molecule has 2 aliphatic heterocycles. The highest BCUT2D eigenvalue weighted by Gasteiger charge is 2.41. The fourth-order valence-corrected chi connectivity index (χ4v) is 5.06. The van der Waals surface area contributed by atoms with Crippen LogP contribution in [0.15, 0.2) is 68.4 Å². The Labute approximate surface area is 197 Å². The van der Waals surface area contributed by atoms with Gasteiger partial charge in [-0.15, -0.1) is 0 Å². The minimum absolute atomic E-state index is 0.136. The molecule has 172 valence electrons. The molecule has 1 aromatic heterocycles. The first-order valence-electron chi connectivity index (χ1n) is 10.9. The summed E-state index contributed by atoms with van der Waals surface area (Å²) in [6, 6.07) is 9.36. The number of hydrogen-bond donors (Lipinski definition) is 1. The second-order valence-corrected chi connectivity index (χ2v) is 8.84. The lowest BCUT2D eigenvalue weighted by Gasteiger charge is -2.37. The molecule has 1 aromatic carbocycles. The summed E-state index contributed by atoms with van der Waals surface area (Å²) in [4.78, 5) is 32.4. The second-order valence-electron chi connectivity index (χ2n) is 8.01. The van der Waals surface area contributed by atoms with Crippen molar-refractivity contribution in [1.29, 1.82) is 0 Å². The highest BCUT2D eigenvalue weighted by molar-refractivity contribution is 8.16. The number of carbonyl (C=O) groups excluding carboxylic acids is 2. The highest BCUT2D eigenvalue weighted by atomic mass is 32.2. The molecule has 33 heavy (non-hydrogen) atoms. The number of nitrogens with zero attached hydrogens (tertiary/aromatic N) is 2. The lowest BCUT2D eigenvalue weighted by atomic mass is 9.90. The van der Waals surface area contributed by atoms with E-state index >= 15 is 0 Å². The number of benzene rings is 1. The molecule has 2 aliphatic rings. The molecule has 1 N–H and O–H groups in total. The Morgan fingerprint density at radius 1 is 1.24 bits per heavy atom. The quantitative estimate of drug-likeness (QED) is 0.595. The van der Waals surface area contributed by atoms with Gasteiger partial charge in [0.2, 0.25) is 5.91 Å². The summed E-state index contributed by atoms with van der Waals surface area (Å²) in [6.45, 7) is 8.30. The maximum absolute atomic E-state index is 13.0. The number of thioether (sulfide) groups is 1. The van der Waals surface area contributed by atoms with Gasteiger partial charge in [0, 0.05) is 5.70 Å². The van der Waals surface area contributed by atoms with Crippen molar-refractivity contribution in [3.63, 3.8) is 0 Å². The SMILES string of the molecule is CCOC(=O)C1=C(C)N=C2SC=C(CC(=O)NCc3ccco3)N2[C@@H]1c1ccc(C)cc1C. The van der Waals surface area contributed by atoms with Gasteiger partial charge in [0.15, 0.2) is 5.17 Å². The van der Waals surface area contributed by atoms with Gasteiger partial charge in [0.1, 0.15) is 5.76 Å². The van der Waals surface area contributed by atoms with Crippen molar-refractivity contribution in [3.8, 4) is 0 Å². The van der Waals surface area contributed by atoms with Gasteiger partial charge in [-0.2, -0.15) is 0 Å². The van der Waals surface area contributed by atoms with E-state index in [0.717, 1.165) is 27.6 Å². The number of amides is 1. The molecule has 1 atom stereocenters. The fourth-order valence-electron chi connectivity index (χ4n) is 4.09. The fraction of sp³-hybridized carbons (Fsp3) is 0.320. The molecule has 8 heteroatoms. The average Bonchev–Trinajstić information content (AvgIpc) is 3.42. The summed E-state index contributed by atoms with van der Waals surface area (Å²) >= 11 is 1.46. The summed E-state index contributed by atoms with van der Waals surface area (Å²) in [5.74, 6) is 0.166. The van der Waals surface area contributed by atoms with E-state index in [1.165, 1.54) is 11.8 Å². The molecule has 3 heterocycles. The number of esters is 1. The molecular weight excluding hydrogens is 438 g/mol. The van der Waals surface area contributed by atoms with Gasteiger partial charge in [0.25, 0.3) is 0 Å². The lowest BCUT2D eigenvalue weighted by Crippen LogP contribution is -2.38. The van der Waals surface area contributed by atoms with Crippen LogP contribution in [0, 0.1) is 13.8 Å². The van der Waals surface area contributed by atoms with E-state index < -0.39 is 6.04 Å². The van der Waals surface area contributed by atoms with E-state index in [1.807, 2.05) is 49.3 Å². The number of ether oxygens (including phenoxy) is 1. The molecule has 0 fully saturated rings. The zero-order valence-electron chi connectivity index (χ0n) is 19.2. The predicted octanol–water partition coefficient (Wildman–Crippen LogP) is 4.74. The molecule has 0 unspecified atom stereocenters. The van der Waals surface area contributed by atoms with Gasteiger partial charge in [-0.25, -0.2) is 9.79 Å². The Bertz CT molecular complexity index is 1160. The first-order valence-corrected chi connectivity index (χ1v) is 11.7. The van der Waals surface area contributed by atoms with Crippen LogP contribution in [0.4, 0.5) is 0 Å². The molecule has 0 spiro atoms. The van der Waals surface area contributed by atoms with Crippen LogP contribution >= 0.6 is 11.8 Å². The Balaban J connectivity index is 1.66. The van der Waals surface area contributed by atoms with Gasteiger partial charge in [-0.3, -0.25) is 4.79 Å². The monoisotopic (exact) mass is 465 g/mol. The van der Waals surface area contributed by atoms with E-state index in [9.17, 15) is 9.59 Å². The number of aliphatic imine (C=N–C) groups is 1. The van der Waals surface area contributed by atoms with Crippen LogP contribution < -0.4 is 5.32 Å². The van der Waals surface area contributed by atoms with Crippen molar-refractivity contribution in [1.82, 2.24) is 10.2 Å². The van der Waals surface area contributed by atoms with Crippen LogP contribution in [0.3, 0.4) is 0 Å². The summed E-state index contributed by atoms with van der Waals surface area (Å²) in [5.41, 5.74) is 5.11. The van der Waals surface area contributed by atoms with Crippen molar-refractivity contribution < 1.29 is 18.7 Å². The molecule has 0 bridgehead atoms. The number of carbonyl (C=O) groups is 2. The standard InChI is InChI=1S/C25H27N3O4S/c1-5-31-24(30)22-17(4)27-25-28(23(22)20-9-8-15(2)11-16(20)3)18(14-33-25)12-21(29)26-13-19-7-6-10-32-19/h6-11,14,23H,5,12-13H2,1-4H3,(H,26,29)/t23-/m1/s1. The van der Waals surface area contributed by atoms with Crippen molar-refractivity contribution in [3.05, 3.63) is 81.4 Å². The summed E-state index contributed by atoms with van der Waals surface area (Å²) in [6.07, 6.45) is 1.73. The second kappa shape index (κ2) is 9.70. The Hall–Kier alpha value is -3.26.